The van der Waals surface area contributed by atoms with Crippen LogP contribution < -0.4 is 19.5 Å². The molecule has 49 heavy (non-hydrogen) atoms. The number of pyridine rings is 1. The number of nitrogens with zero attached hydrogens (tertiary/aromatic N) is 4. The molecule has 5 aromatic rings. The topological polar surface area (TPSA) is 114 Å². The molecular formula is C38H42ClN5O5. The third-order valence-electron chi connectivity index (χ3n) is 9.62. The number of nitrogens with one attached hydrogen (secondary N) is 1. The Hall–Kier alpha value is -4.19. The van der Waals surface area contributed by atoms with Gasteiger partial charge in [-0.15, -0.1) is 0 Å². The molecule has 0 amide bonds. The van der Waals surface area contributed by atoms with Crippen LogP contribution in [0.5, 0.6) is 17.4 Å². The smallest absolute Gasteiger partial charge is 0.218 e. The number of ether oxygens (including phenoxy) is 3. The highest BCUT2D eigenvalue weighted by Gasteiger charge is 2.37. The van der Waals surface area contributed by atoms with Gasteiger partial charge in [0.1, 0.15) is 11.5 Å². The Balaban J connectivity index is 1.18. The highest BCUT2D eigenvalue weighted by molar-refractivity contribution is 6.36. The van der Waals surface area contributed by atoms with Gasteiger partial charge in [0.05, 0.1) is 66.7 Å². The van der Waals surface area contributed by atoms with Crippen LogP contribution in [0.15, 0.2) is 66.9 Å². The van der Waals surface area contributed by atoms with Crippen LogP contribution in [0.3, 0.4) is 0 Å². The minimum Gasteiger partial charge on any atom is -0.496 e. The molecule has 2 fully saturated rings. The lowest BCUT2D eigenvalue weighted by molar-refractivity contribution is -0.0875. The van der Waals surface area contributed by atoms with Crippen molar-refractivity contribution in [1.82, 2.24) is 25.0 Å². The molecule has 0 spiro atoms. The minimum atomic E-state index is -0.665. The number of aromatic nitrogens is 3. The molecule has 0 atom stereocenters. The summed E-state index contributed by atoms with van der Waals surface area (Å²) in [5.74, 6) is 2.45. The molecule has 2 aromatic heterocycles. The Kier molecular flexibility index (Phi) is 9.25. The van der Waals surface area contributed by atoms with E-state index >= 15 is 0 Å². The molecule has 3 N–H and O–H groups in total. The minimum absolute atomic E-state index is 0.155. The van der Waals surface area contributed by atoms with Crippen LogP contribution in [-0.4, -0.2) is 82.5 Å². The van der Waals surface area contributed by atoms with Crippen LogP contribution in [-0.2, 0) is 13.1 Å². The normalized spacial score (nSPS) is 18.6. The molecule has 2 aliphatic rings. The Bertz CT molecular complexity index is 1960. The SMILES string of the molecule is COc1cc(-n2ncc3c(-c4cccc(-c5ccc(CNCC6CC(O)C6)c(OC)n5)c4Cl)cccc32)cc(OC)c1CN1CC(C)(O)C1. The Morgan fingerprint density at radius 3 is 2.31 bits per heavy atom. The van der Waals surface area contributed by atoms with E-state index in [2.05, 4.69) is 16.3 Å². The third kappa shape index (κ3) is 6.59. The third-order valence-corrected chi connectivity index (χ3v) is 10.0. The summed E-state index contributed by atoms with van der Waals surface area (Å²) in [5, 5.41) is 29.6. The second kappa shape index (κ2) is 13.6. The van der Waals surface area contributed by atoms with Crippen molar-refractivity contribution in [2.75, 3.05) is 41.0 Å². The number of hydrogen-bond acceptors (Lipinski definition) is 9. The lowest BCUT2D eigenvalue weighted by atomic mass is 9.82. The summed E-state index contributed by atoms with van der Waals surface area (Å²) in [6.07, 6.45) is 3.41. The summed E-state index contributed by atoms with van der Waals surface area (Å²) in [6.45, 7) is 5.12. The van der Waals surface area contributed by atoms with Crippen LogP contribution in [0, 0.1) is 5.92 Å². The maximum absolute atomic E-state index is 10.2. The van der Waals surface area contributed by atoms with Gasteiger partial charge in [0.15, 0.2) is 0 Å². The first-order chi connectivity index (χ1) is 23.7. The number of fused-ring (bicyclic) bond motifs is 1. The predicted molar refractivity (Wildman–Crippen MR) is 191 cm³/mol. The van der Waals surface area contributed by atoms with Crippen LogP contribution in [0.2, 0.25) is 5.02 Å². The Morgan fingerprint density at radius 2 is 1.63 bits per heavy atom. The van der Waals surface area contributed by atoms with E-state index in [0.29, 0.717) is 54.5 Å². The van der Waals surface area contributed by atoms with Gasteiger partial charge < -0.3 is 29.7 Å². The zero-order valence-electron chi connectivity index (χ0n) is 28.2. The number of aliphatic hydroxyl groups excluding tert-OH is 1. The van der Waals surface area contributed by atoms with Crippen LogP contribution in [0.4, 0.5) is 0 Å². The van der Waals surface area contributed by atoms with Crippen LogP contribution >= 0.6 is 11.6 Å². The lowest BCUT2D eigenvalue weighted by Gasteiger charge is -2.44. The van der Waals surface area contributed by atoms with Crippen molar-refractivity contribution in [2.24, 2.45) is 5.92 Å². The first-order valence-corrected chi connectivity index (χ1v) is 16.9. The molecule has 0 bridgehead atoms. The highest BCUT2D eigenvalue weighted by atomic mass is 35.5. The molecule has 7 rings (SSSR count). The van der Waals surface area contributed by atoms with Crippen molar-refractivity contribution in [1.29, 1.82) is 0 Å². The molecule has 1 saturated carbocycles. The number of hydrogen-bond donors (Lipinski definition) is 3. The fraction of sp³-hybridized carbons (Fsp3) is 0.368. The molecule has 256 valence electrons. The van der Waals surface area contributed by atoms with E-state index in [4.69, 9.17) is 35.9 Å². The van der Waals surface area contributed by atoms with E-state index < -0.39 is 5.60 Å². The van der Waals surface area contributed by atoms with Gasteiger partial charge in [-0.2, -0.15) is 5.10 Å². The summed E-state index contributed by atoms with van der Waals surface area (Å²) in [4.78, 5) is 7.00. The highest BCUT2D eigenvalue weighted by Crippen LogP contribution is 2.41. The Morgan fingerprint density at radius 1 is 0.939 bits per heavy atom. The van der Waals surface area contributed by atoms with E-state index in [1.807, 2.05) is 72.4 Å². The maximum Gasteiger partial charge on any atom is 0.218 e. The quantitative estimate of drug-likeness (QED) is 0.149. The number of rotatable bonds is 12. The average Bonchev–Trinajstić information content (AvgIpc) is 3.51. The molecule has 3 heterocycles. The zero-order valence-corrected chi connectivity index (χ0v) is 29.0. The second-order valence-corrected chi connectivity index (χ2v) is 13.8. The van der Waals surface area contributed by atoms with Gasteiger partial charge in [0.2, 0.25) is 5.88 Å². The summed E-state index contributed by atoms with van der Waals surface area (Å²) in [7, 11) is 4.94. The van der Waals surface area contributed by atoms with Gasteiger partial charge in [0, 0.05) is 60.4 Å². The zero-order chi connectivity index (χ0) is 34.3. The summed E-state index contributed by atoms with van der Waals surface area (Å²) >= 11 is 7.17. The molecule has 1 aliphatic heterocycles. The van der Waals surface area contributed by atoms with Gasteiger partial charge in [-0.25, -0.2) is 9.67 Å². The van der Waals surface area contributed by atoms with E-state index in [-0.39, 0.29) is 6.10 Å². The van der Waals surface area contributed by atoms with Crippen molar-refractivity contribution in [3.8, 4) is 45.5 Å². The predicted octanol–water partition coefficient (Wildman–Crippen LogP) is 5.86. The van der Waals surface area contributed by atoms with Gasteiger partial charge >= 0.3 is 0 Å². The first kappa shape index (κ1) is 33.3. The number of aliphatic hydroxyl groups is 2. The van der Waals surface area contributed by atoms with Gasteiger partial charge in [-0.1, -0.05) is 48.0 Å². The van der Waals surface area contributed by atoms with Gasteiger partial charge in [-0.3, -0.25) is 4.90 Å². The number of methoxy groups -OCH3 is 3. The molecular weight excluding hydrogens is 642 g/mol. The van der Waals surface area contributed by atoms with Crippen molar-refractivity contribution in [3.05, 3.63) is 83.0 Å². The van der Waals surface area contributed by atoms with E-state index in [1.165, 1.54) is 0 Å². The molecule has 1 saturated heterocycles. The fourth-order valence-corrected chi connectivity index (χ4v) is 7.46. The first-order valence-electron chi connectivity index (χ1n) is 16.6. The van der Waals surface area contributed by atoms with Gasteiger partial charge in [0.25, 0.3) is 0 Å². The van der Waals surface area contributed by atoms with Crippen molar-refractivity contribution in [3.63, 3.8) is 0 Å². The summed E-state index contributed by atoms with van der Waals surface area (Å²) in [5.41, 5.74) is 6.27. The molecule has 0 radical (unpaired) electrons. The standard InChI is InChI=1S/C38H42ClN5O5/c1-38(46)21-43(22-38)20-31-34(47-2)15-25(16-35(31)48-3)44-33-10-6-7-27(30(33)19-41-44)28-8-5-9-29(36(28)39)32-12-11-24(37(42-32)49-4)18-40-17-23-13-26(45)14-23/h5-12,15-16,19,23,26,40,45-46H,13-14,17-18,20-22H2,1-4H3. The lowest BCUT2D eigenvalue weighted by Crippen LogP contribution is -2.59. The van der Waals surface area contributed by atoms with E-state index in [0.717, 1.165) is 69.5 Å². The monoisotopic (exact) mass is 683 g/mol. The Labute approximate surface area is 291 Å². The number of benzene rings is 3. The number of likely N-dealkylation sites (tertiary alicyclic amines) is 1. The summed E-state index contributed by atoms with van der Waals surface area (Å²) < 4.78 is 19.2. The molecule has 0 unspecified atom stereocenters. The molecule has 1 aliphatic carbocycles. The fourth-order valence-electron chi connectivity index (χ4n) is 7.14. The van der Waals surface area contributed by atoms with Crippen molar-refractivity contribution in [2.45, 2.75) is 44.6 Å². The van der Waals surface area contributed by atoms with Crippen molar-refractivity contribution < 1.29 is 24.4 Å². The van der Waals surface area contributed by atoms with Crippen LogP contribution in [0.25, 0.3) is 39.0 Å². The second-order valence-electron chi connectivity index (χ2n) is 13.4. The van der Waals surface area contributed by atoms with Gasteiger partial charge in [-0.05, 0) is 49.9 Å². The molecule has 11 heteroatoms. The van der Waals surface area contributed by atoms with E-state index in [9.17, 15) is 10.2 Å². The summed E-state index contributed by atoms with van der Waals surface area (Å²) in [6, 6.07) is 20.0. The molecule has 10 nitrogen and oxygen atoms in total. The van der Waals surface area contributed by atoms with Crippen molar-refractivity contribution >= 4 is 22.5 Å². The average molecular weight is 684 g/mol. The number of halogens is 1. The maximum atomic E-state index is 10.2. The largest absolute Gasteiger partial charge is 0.496 e. The molecule has 3 aromatic carbocycles. The van der Waals surface area contributed by atoms with E-state index in [1.54, 1.807) is 21.3 Å². The van der Waals surface area contributed by atoms with Crippen LogP contribution in [0.1, 0.15) is 30.9 Å². The number of β-amino-alcohol motifs (C(OH)–C–C–N with tert-alkyl or cyclic N) is 1.